The molecule has 1 aliphatic rings. The Kier molecular flexibility index (Phi) is 7.48. The van der Waals surface area contributed by atoms with Crippen LogP contribution in [0.15, 0.2) is 87.5 Å². The first-order valence-electron chi connectivity index (χ1n) is 9.66. The first kappa shape index (κ1) is 22.8. The lowest BCUT2D eigenvalue weighted by Crippen LogP contribution is -2.32. The van der Waals surface area contributed by atoms with Gasteiger partial charge < -0.3 is 4.74 Å². The number of carbonyl (C=O) groups excluding carboxylic acids is 2. The summed E-state index contributed by atoms with van der Waals surface area (Å²) in [5.41, 5.74) is 0.866. The molecule has 0 aromatic heterocycles. The molecule has 162 valence electrons. The summed E-state index contributed by atoms with van der Waals surface area (Å²) in [7, 11) is 0. The summed E-state index contributed by atoms with van der Waals surface area (Å²) in [6.45, 7) is 0.312. The summed E-state index contributed by atoms with van der Waals surface area (Å²) in [6.07, 6.45) is 1.76. The average Bonchev–Trinajstić information content (AvgIpc) is 3.05. The average molecular weight is 502 g/mol. The van der Waals surface area contributed by atoms with E-state index in [0.717, 1.165) is 27.1 Å². The summed E-state index contributed by atoms with van der Waals surface area (Å²) in [6, 6.07) is 22.4. The Bertz CT molecular complexity index is 1180. The number of amides is 2. The van der Waals surface area contributed by atoms with Crippen molar-refractivity contribution in [2.45, 2.75) is 9.79 Å². The molecule has 0 N–H and O–H groups in total. The molecular formula is C24H17Cl2NO3S2. The highest BCUT2D eigenvalue weighted by molar-refractivity contribution is 8.18. The van der Waals surface area contributed by atoms with Gasteiger partial charge in [-0.15, -0.1) is 0 Å². The first-order valence-corrected chi connectivity index (χ1v) is 12.1. The van der Waals surface area contributed by atoms with E-state index in [9.17, 15) is 9.59 Å². The number of hydrogen-bond donors (Lipinski definition) is 0. The van der Waals surface area contributed by atoms with Crippen LogP contribution in [0.25, 0.3) is 6.08 Å². The molecule has 0 radical (unpaired) electrons. The van der Waals surface area contributed by atoms with Crippen LogP contribution in [0.5, 0.6) is 5.75 Å². The predicted octanol–water partition coefficient (Wildman–Crippen LogP) is 7.26. The quantitative estimate of drug-likeness (QED) is 0.318. The van der Waals surface area contributed by atoms with Crippen LogP contribution in [0.3, 0.4) is 0 Å². The van der Waals surface area contributed by atoms with Crippen LogP contribution in [0.2, 0.25) is 10.0 Å². The van der Waals surface area contributed by atoms with Gasteiger partial charge in [0.25, 0.3) is 11.1 Å². The maximum atomic E-state index is 12.8. The van der Waals surface area contributed by atoms with Gasteiger partial charge in [0, 0.05) is 14.8 Å². The van der Waals surface area contributed by atoms with E-state index < -0.39 is 0 Å². The Balaban J connectivity index is 1.46. The van der Waals surface area contributed by atoms with Gasteiger partial charge in [0.15, 0.2) is 0 Å². The van der Waals surface area contributed by atoms with E-state index in [1.807, 2.05) is 54.6 Å². The van der Waals surface area contributed by atoms with Crippen molar-refractivity contribution in [2.24, 2.45) is 0 Å². The molecule has 1 aliphatic heterocycles. The lowest BCUT2D eigenvalue weighted by atomic mass is 10.2. The number of rotatable bonds is 7. The minimum atomic E-state index is -0.325. The van der Waals surface area contributed by atoms with E-state index in [1.165, 1.54) is 4.90 Å². The second kappa shape index (κ2) is 10.5. The van der Waals surface area contributed by atoms with Gasteiger partial charge in [0.1, 0.15) is 12.4 Å². The van der Waals surface area contributed by atoms with Gasteiger partial charge in [-0.3, -0.25) is 14.5 Å². The van der Waals surface area contributed by atoms with Gasteiger partial charge in [-0.1, -0.05) is 65.3 Å². The van der Waals surface area contributed by atoms with Gasteiger partial charge in [0.05, 0.1) is 16.5 Å². The highest BCUT2D eigenvalue weighted by atomic mass is 35.5. The molecule has 2 amide bonds. The molecule has 3 aromatic rings. The molecule has 0 saturated carbocycles. The standard InChI is InChI=1S/C24H17Cl2NO3S2/c25-17-9-11-18(12-10-17)31-21-8-4-1-5-16(21)15-22-23(28)27(24(29)32-22)13-14-30-20-7-3-2-6-19(20)26/h1-12,15H,13-14H2/b22-15-. The molecule has 4 nitrogen and oxygen atoms in total. The van der Waals surface area contributed by atoms with E-state index in [0.29, 0.717) is 20.7 Å². The normalized spacial score (nSPS) is 14.9. The zero-order chi connectivity index (χ0) is 22.5. The summed E-state index contributed by atoms with van der Waals surface area (Å²) in [5, 5.41) is 0.845. The van der Waals surface area contributed by atoms with Crippen molar-refractivity contribution in [1.82, 2.24) is 4.90 Å². The molecule has 32 heavy (non-hydrogen) atoms. The lowest BCUT2D eigenvalue weighted by Gasteiger charge is -2.13. The third-order valence-electron chi connectivity index (χ3n) is 4.53. The van der Waals surface area contributed by atoms with Crippen LogP contribution in [-0.4, -0.2) is 29.2 Å². The van der Waals surface area contributed by atoms with E-state index in [1.54, 1.807) is 36.0 Å². The fourth-order valence-corrected chi connectivity index (χ4v) is 5.05. The number of benzene rings is 3. The molecule has 0 bridgehead atoms. The minimum Gasteiger partial charge on any atom is -0.490 e. The monoisotopic (exact) mass is 501 g/mol. The molecule has 1 saturated heterocycles. The Hall–Kier alpha value is -2.38. The number of ether oxygens (including phenoxy) is 1. The molecule has 0 unspecified atom stereocenters. The van der Waals surface area contributed by atoms with Gasteiger partial charge in [-0.05, 0) is 65.9 Å². The van der Waals surface area contributed by atoms with Crippen LogP contribution in [0.4, 0.5) is 4.79 Å². The highest BCUT2D eigenvalue weighted by Gasteiger charge is 2.35. The molecule has 0 atom stereocenters. The van der Waals surface area contributed by atoms with E-state index in [2.05, 4.69) is 0 Å². The van der Waals surface area contributed by atoms with Crippen LogP contribution in [0, 0.1) is 0 Å². The topological polar surface area (TPSA) is 46.6 Å². The Morgan fingerprint density at radius 2 is 1.66 bits per heavy atom. The van der Waals surface area contributed by atoms with Gasteiger partial charge in [0.2, 0.25) is 0 Å². The van der Waals surface area contributed by atoms with Crippen molar-refractivity contribution in [3.63, 3.8) is 0 Å². The third-order valence-corrected chi connectivity index (χ3v) is 7.10. The summed E-state index contributed by atoms with van der Waals surface area (Å²) < 4.78 is 5.62. The van der Waals surface area contributed by atoms with Crippen molar-refractivity contribution < 1.29 is 14.3 Å². The van der Waals surface area contributed by atoms with E-state index >= 15 is 0 Å². The second-order valence-corrected chi connectivity index (χ2v) is 9.66. The molecule has 1 heterocycles. The Morgan fingerprint density at radius 1 is 0.938 bits per heavy atom. The molecule has 0 aliphatic carbocycles. The van der Waals surface area contributed by atoms with Crippen LogP contribution < -0.4 is 4.74 Å². The smallest absolute Gasteiger partial charge is 0.293 e. The number of hydrogen-bond acceptors (Lipinski definition) is 5. The molecule has 3 aromatic carbocycles. The Morgan fingerprint density at radius 3 is 2.44 bits per heavy atom. The Labute approximate surface area is 204 Å². The van der Waals surface area contributed by atoms with Gasteiger partial charge >= 0.3 is 0 Å². The van der Waals surface area contributed by atoms with Crippen molar-refractivity contribution in [3.05, 3.63) is 93.3 Å². The zero-order valence-corrected chi connectivity index (χ0v) is 19.8. The molecule has 0 spiro atoms. The summed E-state index contributed by atoms with van der Waals surface area (Å²) >= 11 is 14.5. The maximum Gasteiger partial charge on any atom is 0.293 e. The van der Waals surface area contributed by atoms with Gasteiger partial charge in [-0.25, -0.2) is 0 Å². The SMILES string of the molecule is O=C1S/C(=C\c2ccccc2Sc2ccc(Cl)cc2)C(=O)N1CCOc1ccccc1Cl. The number of imide groups is 1. The lowest BCUT2D eigenvalue weighted by molar-refractivity contribution is -0.123. The number of nitrogens with zero attached hydrogens (tertiary/aromatic N) is 1. The van der Waals surface area contributed by atoms with Gasteiger partial charge in [-0.2, -0.15) is 0 Å². The summed E-state index contributed by atoms with van der Waals surface area (Å²) in [5.74, 6) is 0.193. The van der Waals surface area contributed by atoms with Crippen molar-refractivity contribution in [3.8, 4) is 5.75 Å². The number of para-hydroxylation sites is 1. The van der Waals surface area contributed by atoms with Crippen molar-refractivity contribution in [1.29, 1.82) is 0 Å². The maximum absolute atomic E-state index is 12.8. The zero-order valence-electron chi connectivity index (χ0n) is 16.7. The fraction of sp³-hybridized carbons (Fsp3) is 0.0833. The van der Waals surface area contributed by atoms with Crippen LogP contribution >= 0.6 is 46.7 Å². The highest BCUT2D eigenvalue weighted by Crippen LogP contribution is 2.36. The second-order valence-electron chi connectivity index (χ2n) is 6.71. The minimum absolute atomic E-state index is 0.147. The molecule has 4 rings (SSSR count). The molecule has 1 fully saturated rings. The predicted molar refractivity (Wildman–Crippen MR) is 132 cm³/mol. The first-order chi connectivity index (χ1) is 15.5. The van der Waals surface area contributed by atoms with E-state index in [-0.39, 0.29) is 24.3 Å². The summed E-state index contributed by atoms with van der Waals surface area (Å²) in [4.78, 5) is 28.9. The van der Waals surface area contributed by atoms with Crippen molar-refractivity contribution >= 4 is 63.9 Å². The molecular weight excluding hydrogens is 485 g/mol. The third kappa shape index (κ3) is 5.51. The number of carbonyl (C=O) groups is 2. The van der Waals surface area contributed by atoms with Crippen LogP contribution in [-0.2, 0) is 4.79 Å². The van der Waals surface area contributed by atoms with Crippen LogP contribution in [0.1, 0.15) is 5.56 Å². The van der Waals surface area contributed by atoms with Crippen molar-refractivity contribution in [2.75, 3.05) is 13.2 Å². The number of thioether (sulfide) groups is 1. The number of halogens is 2. The fourth-order valence-electron chi connectivity index (χ4n) is 2.97. The largest absolute Gasteiger partial charge is 0.490 e. The molecule has 8 heteroatoms. The van der Waals surface area contributed by atoms with E-state index in [4.69, 9.17) is 27.9 Å².